The Labute approximate surface area is 132 Å². The number of hydrogen-bond donors (Lipinski definition) is 0. The Morgan fingerprint density at radius 1 is 1.04 bits per heavy atom. The maximum atomic E-state index is 12.9. The summed E-state index contributed by atoms with van der Waals surface area (Å²) in [5, 5.41) is 0. The smallest absolute Gasteiger partial charge is 0.233 e. The highest BCUT2D eigenvalue weighted by molar-refractivity contribution is 5.64. The van der Waals surface area contributed by atoms with Crippen molar-refractivity contribution in [2.24, 2.45) is 0 Å². The van der Waals surface area contributed by atoms with E-state index in [-0.39, 0.29) is 5.82 Å². The molecule has 0 saturated heterocycles. The van der Waals surface area contributed by atoms with E-state index in [9.17, 15) is 4.39 Å². The lowest BCUT2D eigenvalue weighted by atomic mass is 10.2. The zero-order valence-corrected chi connectivity index (χ0v) is 12.2. The van der Waals surface area contributed by atoms with E-state index in [1.807, 2.05) is 17.2 Å². The number of benzene rings is 1. The number of fused-ring (bicyclic) bond motifs is 1. The van der Waals surface area contributed by atoms with E-state index in [1.165, 1.54) is 17.7 Å². The maximum Gasteiger partial charge on any atom is 0.233 e. The summed E-state index contributed by atoms with van der Waals surface area (Å²) in [4.78, 5) is 15.0. The molecule has 3 aromatic rings. The number of ether oxygens (including phenoxy) is 1. The Hall–Kier alpha value is -3.02. The lowest BCUT2D eigenvalue weighted by Gasteiger charge is -2.17. The predicted octanol–water partition coefficient (Wildman–Crippen LogP) is 3.50. The minimum absolute atomic E-state index is 0.303. The van der Waals surface area contributed by atoms with E-state index in [1.54, 1.807) is 30.6 Å². The normalized spacial score (nSPS) is 13.0. The van der Waals surface area contributed by atoms with Crippen molar-refractivity contribution in [2.75, 3.05) is 11.4 Å². The van der Waals surface area contributed by atoms with Crippen molar-refractivity contribution in [1.29, 1.82) is 0 Å². The molecule has 0 N–H and O–H groups in total. The van der Waals surface area contributed by atoms with E-state index in [0.717, 1.165) is 18.7 Å². The van der Waals surface area contributed by atoms with Gasteiger partial charge in [0.1, 0.15) is 11.6 Å². The summed E-state index contributed by atoms with van der Waals surface area (Å²) in [5.41, 5.74) is 2.25. The van der Waals surface area contributed by atoms with Crippen LogP contribution < -0.4 is 9.64 Å². The van der Waals surface area contributed by atoms with Crippen LogP contribution in [0.4, 0.5) is 16.0 Å². The number of nitrogens with zero attached hydrogens (tertiary/aromatic N) is 4. The molecule has 23 heavy (non-hydrogen) atoms. The van der Waals surface area contributed by atoms with E-state index < -0.39 is 0 Å². The molecule has 0 aliphatic carbocycles. The Kier molecular flexibility index (Phi) is 3.34. The van der Waals surface area contributed by atoms with Crippen molar-refractivity contribution in [1.82, 2.24) is 15.0 Å². The number of hydrogen-bond acceptors (Lipinski definition) is 5. The summed E-state index contributed by atoms with van der Waals surface area (Å²) in [6, 6.07) is 9.46. The standard InChI is InChI=1S/C17H13FN4O/c18-13-1-3-14(4-2-13)23-16-6-9-20-17(21-16)22-10-7-12-11-19-8-5-15(12)22/h1-6,8-9,11H,7,10H2. The molecule has 5 nitrogen and oxygen atoms in total. The average Bonchev–Trinajstić information content (AvgIpc) is 3.01. The van der Waals surface area contributed by atoms with Crippen molar-refractivity contribution < 1.29 is 9.13 Å². The summed E-state index contributed by atoms with van der Waals surface area (Å²) < 4.78 is 18.6. The van der Waals surface area contributed by atoms with Gasteiger partial charge < -0.3 is 9.64 Å². The van der Waals surface area contributed by atoms with E-state index in [2.05, 4.69) is 15.0 Å². The van der Waals surface area contributed by atoms with Gasteiger partial charge in [-0.3, -0.25) is 4.98 Å². The quantitative estimate of drug-likeness (QED) is 0.741. The molecular weight excluding hydrogens is 295 g/mol. The molecule has 1 aliphatic rings. The molecule has 3 heterocycles. The molecule has 1 aliphatic heterocycles. The predicted molar refractivity (Wildman–Crippen MR) is 83.5 cm³/mol. The minimum atomic E-state index is -0.303. The SMILES string of the molecule is Fc1ccc(Oc2ccnc(N3CCc4cnccc43)n2)cc1. The molecule has 4 rings (SSSR count). The van der Waals surface area contributed by atoms with E-state index in [0.29, 0.717) is 17.6 Å². The topological polar surface area (TPSA) is 51.1 Å². The second-order valence-electron chi connectivity index (χ2n) is 5.16. The van der Waals surface area contributed by atoms with Crippen molar-refractivity contribution in [2.45, 2.75) is 6.42 Å². The zero-order chi connectivity index (χ0) is 15.6. The monoisotopic (exact) mass is 308 g/mol. The fourth-order valence-electron chi connectivity index (χ4n) is 2.58. The summed E-state index contributed by atoms with van der Waals surface area (Å²) in [7, 11) is 0. The van der Waals surface area contributed by atoms with Crippen LogP contribution in [0.2, 0.25) is 0 Å². The number of aromatic nitrogens is 3. The lowest BCUT2D eigenvalue weighted by Crippen LogP contribution is -2.16. The fourth-order valence-corrected chi connectivity index (χ4v) is 2.58. The van der Waals surface area contributed by atoms with Gasteiger partial charge in [-0.05, 0) is 42.3 Å². The molecule has 6 heteroatoms. The molecule has 114 valence electrons. The molecule has 0 bridgehead atoms. The van der Waals surface area contributed by atoms with Gasteiger partial charge in [-0.25, -0.2) is 9.37 Å². The van der Waals surface area contributed by atoms with Crippen LogP contribution in [0.15, 0.2) is 55.0 Å². The Morgan fingerprint density at radius 3 is 2.78 bits per heavy atom. The molecule has 0 radical (unpaired) electrons. The average molecular weight is 308 g/mol. The van der Waals surface area contributed by atoms with Crippen LogP contribution in [0.1, 0.15) is 5.56 Å². The third-order valence-electron chi connectivity index (χ3n) is 3.67. The molecule has 0 amide bonds. The molecule has 0 saturated carbocycles. The molecule has 0 unspecified atom stereocenters. The minimum Gasteiger partial charge on any atom is -0.439 e. The number of anilines is 2. The molecular formula is C17H13FN4O. The summed E-state index contributed by atoms with van der Waals surface area (Å²) in [6.45, 7) is 0.807. The second-order valence-corrected chi connectivity index (χ2v) is 5.16. The third kappa shape index (κ3) is 2.70. The van der Waals surface area contributed by atoms with Crippen LogP contribution in [-0.2, 0) is 6.42 Å². The van der Waals surface area contributed by atoms with Gasteiger partial charge in [-0.2, -0.15) is 4.98 Å². The Morgan fingerprint density at radius 2 is 1.91 bits per heavy atom. The van der Waals surface area contributed by atoms with E-state index in [4.69, 9.17) is 4.74 Å². The van der Waals surface area contributed by atoms with Gasteiger partial charge in [-0.1, -0.05) is 0 Å². The first kappa shape index (κ1) is 13.6. The molecule has 1 aromatic carbocycles. The number of halogens is 1. The Bertz CT molecular complexity index is 838. The first-order valence-corrected chi connectivity index (χ1v) is 7.26. The van der Waals surface area contributed by atoms with Crippen molar-refractivity contribution in [3.8, 4) is 11.6 Å². The highest BCUT2D eigenvalue weighted by Gasteiger charge is 2.22. The van der Waals surface area contributed by atoms with Gasteiger partial charge in [0.05, 0.1) is 5.69 Å². The summed E-state index contributed by atoms with van der Waals surface area (Å²) in [6.07, 6.45) is 6.19. The highest BCUT2D eigenvalue weighted by atomic mass is 19.1. The number of pyridine rings is 1. The molecule has 0 spiro atoms. The van der Waals surface area contributed by atoms with Crippen LogP contribution in [0.25, 0.3) is 0 Å². The van der Waals surface area contributed by atoms with E-state index >= 15 is 0 Å². The van der Waals surface area contributed by atoms with Crippen LogP contribution in [-0.4, -0.2) is 21.5 Å². The lowest BCUT2D eigenvalue weighted by molar-refractivity contribution is 0.460. The summed E-state index contributed by atoms with van der Waals surface area (Å²) in [5.74, 6) is 1.23. The number of rotatable bonds is 3. The Balaban J connectivity index is 1.61. The fraction of sp³-hybridized carbons (Fsp3) is 0.118. The van der Waals surface area contributed by atoms with Crippen LogP contribution >= 0.6 is 0 Å². The van der Waals surface area contributed by atoms with Crippen LogP contribution in [0, 0.1) is 5.82 Å². The zero-order valence-electron chi connectivity index (χ0n) is 12.2. The van der Waals surface area contributed by atoms with Gasteiger partial charge >= 0.3 is 0 Å². The van der Waals surface area contributed by atoms with Gasteiger partial charge in [0.15, 0.2) is 0 Å². The van der Waals surface area contributed by atoms with Crippen molar-refractivity contribution >= 4 is 11.6 Å². The van der Waals surface area contributed by atoms with Gasteiger partial charge in [0.25, 0.3) is 0 Å². The second kappa shape index (κ2) is 5.64. The van der Waals surface area contributed by atoms with Gasteiger partial charge in [0.2, 0.25) is 11.8 Å². The maximum absolute atomic E-state index is 12.9. The summed E-state index contributed by atoms with van der Waals surface area (Å²) >= 11 is 0. The van der Waals surface area contributed by atoms with Crippen LogP contribution in [0.3, 0.4) is 0 Å². The molecule has 0 atom stereocenters. The molecule has 0 fully saturated rings. The van der Waals surface area contributed by atoms with Gasteiger partial charge in [-0.15, -0.1) is 0 Å². The van der Waals surface area contributed by atoms with Crippen molar-refractivity contribution in [3.63, 3.8) is 0 Å². The van der Waals surface area contributed by atoms with Crippen molar-refractivity contribution in [3.05, 3.63) is 66.4 Å². The van der Waals surface area contributed by atoms with Gasteiger partial charge in [0, 0.05) is 31.2 Å². The first-order valence-electron chi connectivity index (χ1n) is 7.26. The highest BCUT2D eigenvalue weighted by Crippen LogP contribution is 2.32. The molecule has 2 aromatic heterocycles. The largest absolute Gasteiger partial charge is 0.439 e. The third-order valence-corrected chi connectivity index (χ3v) is 3.67. The first-order chi connectivity index (χ1) is 11.3. The van der Waals surface area contributed by atoms with Crippen LogP contribution in [0.5, 0.6) is 11.6 Å².